The average Bonchev–Trinajstić information content (AvgIpc) is 3.56. The van der Waals surface area contributed by atoms with Crippen molar-refractivity contribution >= 4 is 22.4 Å². The van der Waals surface area contributed by atoms with E-state index in [1.807, 2.05) is 6.92 Å². The monoisotopic (exact) mass is 726 g/mol. The molecule has 0 aromatic carbocycles. The van der Waals surface area contributed by atoms with E-state index in [1.165, 1.54) is 39.4 Å². The summed E-state index contributed by atoms with van der Waals surface area (Å²) in [5.74, 6) is -1.35. The van der Waals surface area contributed by atoms with Gasteiger partial charge in [0.05, 0.1) is 17.9 Å². The fraction of sp³-hybridized carbons (Fsp3) is 0.647. The minimum atomic E-state index is -4.97. The molecule has 0 aromatic rings. The van der Waals surface area contributed by atoms with Crippen LogP contribution in [0.4, 0.5) is 4.79 Å². The third-order valence-electron chi connectivity index (χ3n) is 9.23. The Hall–Kier alpha value is -3.09. The first kappa shape index (κ1) is 41.3. The van der Waals surface area contributed by atoms with Crippen LogP contribution in [-0.2, 0) is 33.6 Å². The second-order valence-corrected chi connectivity index (χ2v) is 14.3. The number of hydrogen-bond donors (Lipinski definition) is 6. The lowest BCUT2D eigenvalue weighted by Crippen LogP contribution is -2.42. The van der Waals surface area contributed by atoms with Gasteiger partial charge in [-0.1, -0.05) is 38.2 Å². The highest BCUT2D eigenvalue weighted by Gasteiger charge is 2.36. The number of carbonyl (C=O) groups is 2. The third-order valence-corrected chi connectivity index (χ3v) is 9.68. The zero-order chi connectivity index (χ0) is 37.2. The number of carbonyl (C=O) groups excluding carboxylic acids is 2. The number of rotatable bonds is 9. The molecule has 15 nitrogen and oxygen atoms in total. The molecule has 0 saturated carbocycles. The van der Waals surface area contributed by atoms with Crippen LogP contribution in [0, 0.1) is 11.8 Å². The van der Waals surface area contributed by atoms with Crippen LogP contribution in [0.1, 0.15) is 53.4 Å². The van der Waals surface area contributed by atoms with Gasteiger partial charge in [-0.15, -0.1) is 0 Å². The standard InChI is InChI=1S/C34H54N4O11S/c1-20-16-24-29(36-12-15-38-13-7-8-14-38)27(49-50(43,44)45)19-25(31(24)40)37-33(41)21(2)10-9-11-26(46-5)32(48-34(35)42)23(4)18-22(3)30(39)28(17-20)47-6/h9-11,18-20,22,26-28,30-32,36,39-40H,7-8,12-17H2,1-6H3,(H2,35,42)(H,37,41)(H,43,44,45)/b11-9+,21-10-,23-18+/t20-,22+,26+,27?,28+,30-,31?,32+/m1/s1. The molecule has 2 bridgehead atoms. The van der Waals surface area contributed by atoms with E-state index in [0.717, 1.165) is 25.9 Å². The molecule has 2 aliphatic heterocycles. The van der Waals surface area contributed by atoms with Gasteiger partial charge in [0.2, 0.25) is 0 Å². The number of allylic oxidation sites excluding steroid dienone is 2. The molecule has 0 radical (unpaired) electrons. The van der Waals surface area contributed by atoms with Crippen molar-refractivity contribution in [3.8, 4) is 0 Å². The molecule has 1 aliphatic carbocycles. The molecule has 282 valence electrons. The lowest BCUT2D eigenvalue weighted by molar-refractivity contribution is -0.117. The van der Waals surface area contributed by atoms with Gasteiger partial charge in [0, 0.05) is 44.5 Å². The molecule has 1 fully saturated rings. The van der Waals surface area contributed by atoms with Gasteiger partial charge in [-0.05, 0) is 75.8 Å². The van der Waals surface area contributed by atoms with E-state index in [2.05, 4.69) is 15.5 Å². The summed E-state index contributed by atoms with van der Waals surface area (Å²) in [6.07, 6.45) is 3.02. The predicted molar refractivity (Wildman–Crippen MR) is 186 cm³/mol. The van der Waals surface area contributed by atoms with Crippen LogP contribution in [0.2, 0.25) is 0 Å². The number of primary amides is 1. The molecule has 2 amide bonds. The van der Waals surface area contributed by atoms with E-state index >= 15 is 0 Å². The first-order valence-electron chi connectivity index (χ1n) is 16.8. The Balaban J connectivity index is 2.11. The summed E-state index contributed by atoms with van der Waals surface area (Å²) in [5.41, 5.74) is 6.73. The lowest BCUT2D eigenvalue weighted by Gasteiger charge is -2.34. The van der Waals surface area contributed by atoms with Gasteiger partial charge in [0.15, 0.2) is 6.10 Å². The summed E-state index contributed by atoms with van der Waals surface area (Å²) in [4.78, 5) is 27.4. The highest BCUT2D eigenvalue weighted by atomic mass is 32.3. The van der Waals surface area contributed by atoms with Gasteiger partial charge in [-0.3, -0.25) is 9.35 Å². The predicted octanol–water partition coefficient (Wildman–Crippen LogP) is 1.86. The van der Waals surface area contributed by atoms with Gasteiger partial charge in [-0.25, -0.2) is 8.98 Å². The van der Waals surface area contributed by atoms with Crippen molar-refractivity contribution in [2.24, 2.45) is 17.6 Å². The van der Waals surface area contributed by atoms with Crippen LogP contribution < -0.4 is 16.4 Å². The minimum Gasteiger partial charge on any atom is -0.439 e. The molecule has 8 atom stereocenters. The molecule has 0 aromatic heterocycles. The van der Waals surface area contributed by atoms with Crippen molar-refractivity contribution in [2.75, 3.05) is 40.4 Å². The summed E-state index contributed by atoms with van der Waals surface area (Å²) >= 11 is 0. The molecular weight excluding hydrogens is 672 g/mol. The molecule has 16 heteroatoms. The van der Waals surface area contributed by atoms with Gasteiger partial charge >= 0.3 is 16.5 Å². The van der Waals surface area contributed by atoms with Crippen LogP contribution in [-0.4, -0.2) is 117 Å². The molecule has 3 aliphatic rings. The van der Waals surface area contributed by atoms with E-state index in [4.69, 9.17) is 24.1 Å². The SMILES string of the molecule is CO[C@H]1/C=C/C=C(/C)C(=O)NC2=CC(OS(=O)(=O)O)C(NCCN3CCCC3)=C(C[C@@H](C)C[C@H](OC)[C@H](O)[C@@H](C)/C=C(\C)[C@@H]1OC(N)=O)C2O. The average molecular weight is 727 g/mol. The molecule has 0 spiro atoms. The van der Waals surface area contributed by atoms with Gasteiger partial charge in [0.1, 0.15) is 18.3 Å². The van der Waals surface area contributed by atoms with E-state index < -0.39 is 64.9 Å². The summed E-state index contributed by atoms with van der Waals surface area (Å²) in [6, 6.07) is 0. The molecule has 50 heavy (non-hydrogen) atoms. The smallest absolute Gasteiger partial charge is 0.405 e. The second-order valence-electron chi connectivity index (χ2n) is 13.2. The molecule has 3 rings (SSSR count). The van der Waals surface area contributed by atoms with Crippen LogP contribution in [0.15, 0.2) is 58.5 Å². The van der Waals surface area contributed by atoms with Crippen molar-refractivity contribution in [3.63, 3.8) is 0 Å². The highest BCUT2D eigenvalue weighted by Crippen LogP contribution is 2.33. The number of nitrogens with two attached hydrogens (primary N) is 1. The highest BCUT2D eigenvalue weighted by molar-refractivity contribution is 7.80. The van der Waals surface area contributed by atoms with Crippen LogP contribution in [0.5, 0.6) is 0 Å². The van der Waals surface area contributed by atoms with Crippen molar-refractivity contribution in [1.29, 1.82) is 0 Å². The first-order valence-corrected chi connectivity index (χ1v) is 18.2. The minimum absolute atomic E-state index is 0.0351. The van der Waals surface area contributed by atoms with Gasteiger partial charge in [0.25, 0.3) is 5.91 Å². The number of aliphatic hydroxyl groups excluding tert-OH is 2. The second kappa shape index (κ2) is 18.9. The zero-order valence-electron chi connectivity index (χ0n) is 29.7. The van der Waals surface area contributed by atoms with Crippen molar-refractivity contribution < 1.29 is 51.2 Å². The maximum absolute atomic E-state index is 13.3. The van der Waals surface area contributed by atoms with Crippen LogP contribution in [0.3, 0.4) is 0 Å². The summed E-state index contributed by atoms with van der Waals surface area (Å²) in [7, 11) is -2.07. The topological polar surface area (TPSA) is 219 Å². The fourth-order valence-corrected chi connectivity index (χ4v) is 7.02. The van der Waals surface area contributed by atoms with Crippen molar-refractivity contribution in [3.05, 3.63) is 58.5 Å². The summed E-state index contributed by atoms with van der Waals surface area (Å²) in [5, 5.41) is 29.0. The third kappa shape index (κ3) is 12.0. The normalized spacial score (nSPS) is 33.8. The Morgan fingerprint density at radius 1 is 1.12 bits per heavy atom. The molecule has 1 saturated heterocycles. The van der Waals surface area contributed by atoms with E-state index in [9.17, 15) is 32.8 Å². The maximum atomic E-state index is 13.3. The van der Waals surface area contributed by atoms with E-state index in [-0.39, 0.29) is 29.3 Å². The fourth-order valence-electron chi connectivity index (χ4n) is 6.60. The number of nitrogens with zero attached hydrogens (tertiary/aromatic N) is 1. The zero-order valence-corrected chi connectivity index (χ0v) is 30.5. The van der Waals surface area contributed by atoms with Crippen molar-refractivity contribution in [1.82, 2.24) is 15.5 Å². The quantitative estimate of drug-likeness (QED) is 0.148. The number of ether oxygens (including phenoxy) is 3. The van der Waals surface area contributed by atoms with Crippen LogP contribution >= 0.6 is 0 Å². The summed E-state index contributed by atoms with van der Waals surface area (Å²) < 4.78 is 55.6. The van der Waals surface area contributed by atoms with Crippen LogP contribution in [0.25, 0.3) is 0 Å². The molecular formula is C34H54N4O11S. The lowest BCUT2D eigenvalue weighted by atomic mass is 9.84. The Morgan fingerprint density at radius 2 is 1.80 bits per heavy atom. The Bertz CT molecular complexity index is 1450. The first-order chi connectivity index (χ1) is 23.5. The Labute approximate surface area is 295 Å². The number of fused-ring (bicyclic) bond motifs is 2. The number of aliphatic hydroxyl groups is 2. The van der Waals surface area contributed by atoms with E-state index in [0.29, 0.717) is 30.7 Å². The number of nitrogens with one attached hydrogen (secondary N) is 2. The van der Waals surface area contributed by atoms with E-state index in [1.54, 1.807) is 26.0 Å². The molecule has 2 heterocycles. The number of amides is 2. The molecule has 7 N–H and O–H groups in total. The van der Waals surface area contributed by atoms with Crippen molar-refractivity contribution in [2.45, 2.75) is 90.0 Å². The number of likely N-dealkylation sites (tertiary alicyclic amines) is 1. The molecule has 2 unspecified atom stereocenters. The Morgan fingerprint density at radius 3 is 2.40 bits per heavy atom. The number of methoxy groups -OCH3 is 2. The maximum Gasteiger partial charge on any atom is 0.405 e. The summed E-state index contributed by atoms with van der Waals surface area (Å²) in [6.45, 7) is 9.88. The van der Waals surface area contributed by atoms with Gasteiger partial charge < -0.3 is 45.7 Å². The largest absolute Gasteiger partial charge is 0.439 e. The Kier molecular flexibility index (Phi) is 15.7. The van der Waals surface area contributed by atoms with Gasteiger partial charge in [-0.2, -0.15) is 8.42 Å². The number of hydrogen-bond acceptors (Lipinski definition) is 12.